The molecule has 0 bridgehead atoms. The Labute approximate surface area is 129 Å². The number of ether oxygens (including phenoxy) is 1. The van der Waals surface area contributed by atoms with Crippen LogP contribution in [0.4, 0.5) is 0 Å². The number of amides is 1. The quantitative estimate of drug-likeness (QED) is 0.809. The Bertz CT molecular complexity index is 382. The lowest BCUT2D eigenvalue weighted by atomic mass is 9.82. The molecule has 0 radical (unpaired) electrons. The molecule has 1 rings (SSSR count). The van der Waals surface area contributed by atoms with Gasteiger partial charge in [-0.25, -0.2) is 0 Å². The van der Waals surface area contributed by atoms with Crippen molar-refractivity contribution in [3.8, 4) is 0 Å². The topological polar surface area (TPSA) is 55.4 Å². The maximum atomic E-state index is 12.4. The van der Waals surface area contributed by atoms with Gasteiger partial charge in [0.25, 0.3) is 0 Å². The summed E-state index contributed by atoms with van der Waals surface area (Å²) in [5.74, 6) is -0.359. The van der Waals surface area contributed by atoms with Gasteiger partial charge in [0.15, 0.2) is 0 Å². The van der Waals surface area contributed by atoms with Gasteiger partial charge in [0.05, 0.1) is 5.92 Å². The third-order valence-corrected chi connectivity index (χ3v) is 4.29. The molecule has 2 atom stereocenters. The van der Waals surface area contributed by atoms with Gasteiger partial charge in [-0.05, 0) is 40.0 Å². The fraction of sp³-hybridized carbons (Fsp3) is 0.882. The Morgan fingerprint density at radius 3 is 2.19 bits per heavy atom. The predicted octanol–water partition coefficient (Wildman–Crippen LogP) is 3.44. The van der Waals surface area contributed by atoms with Gasteiger partial charge >= 0.3 is 5.97 Å². The van der Waals surface area contributed by atoms with E-state index < -0.39 is 11.0 Å². The lowest BCUT2D eigenvalue weighted by Gasteiger charge is -2.34. The van der Waals surface area contributed by atoms with Crippen molar-refractivity contribution in [3.63, 3.8) is 0 Å². The molecule has 1 aliphatic carbocycles. The molecule has 21 heavy (non-hydrogen) atoms. The van der Waals surface area contributed by atoms with Gasteiger partial charge in [0.1, 0.15) is 5.60 Å². The molecule has 0 aromatic heterocycles. The molecule has 1 N–H and O–H groups in total. The summed E-state index contributed by atoms with van der Waals surface area (Å²) in [6.45, 7) is 11.5. The van der Waals surface area contributed by atoms with Crippen LogP contribution in [0, 0.1) is 11.3 Å². The van der Waals surface area contributed by atoms with Crippen LogP contribution in [-0.2, 0) is 14.3 Å². The van der Waals surface area contributed by atoms with Gasteiger partial charge in [0.2, 0.25) is 5.91 Å². The van der Waals surface area contributed by atoms with Gasteiger partial charge < -0.3 is 10.1 Å². The van der Waals surface area contributed by atoms with E-state index in [-0.39, 0.29) is 23.8 Å². The molecule has 2 unspecified atom stereocenters. The van der Waals surface area contributed by atoms with Crippen LogP contribution in [0.25, 0.3) is 0 Å². The lowest BCUT2D eigenvalue weighted by Crippen LogP contribution is -2.50. The third kappa shape index (κ3) is 5.33. The maximum absolute atomic E-state index is 12.4. The zero-order chi connectivity index (χ0) is 16.3. The highest BCUT2D eigenvalue weighted by molar-refractivity contribution is 5.83. The van der Waals surface area contributed by atoms with E-state index in [9.17, 15) is 9.59 Å². The standard InChI is InChI=1S/C17H31NO3/c1-7-17(5,6)15(20)18-13-11-9-8-10-12(13)14(19)21-16(2,3)4/h12-13H,7-11H2,1-6H3,(H,18,20). The molecule has 0 heterocycles. The molecule has 0 aromatic carbocycles. The number of carbonyl (C=O) groups excluding carboxylic acids is 2. The van der Waals surface area contributed by atoms with Crippen LogP contribution in [0.2, 0.25) is 0 Å². The van der Waals surface area contributed by atoms with Crippen molar-refractivity contribution in [2.24, 2.45) is 11.3 Å². The van der Waals surface area contributed by atoms with Crippen LogP contribution in [0.3, 0.4) is 0 Å². The van der Waals surface area contributed by atoms with Crippen molar-refractivity contribution in [2.75, 3.05) is 0 Å². The smallest absolute Gasteiger partial charge is 0.311 e. The highest BCUT2D eigenvalue weighted by atomic mass is 16.6. The second kappa shape index (κ2) is 6.80. The largest absolute Gasteiger partial charge is 0.460 e. The van der Waals surface area contributed by atoms with E-state index in [1.807, 2.05) is 41.5 Å². The monoisotopic (exact) mass is 297 g/mol. The number of rotatable bonds is 4. The van der Waals surface area contributed by atoms with Crippen LogP contribution < -0.4 is 5.32 Å². The van der Waals surface area contributed by atoms with Crippen LogP contribution in [0.5, 0.6) is 0 Å². The Morgan fingerprint density at radius 1 is 1.10 bits per heavy atom. The molecule has 0 aromatic rings. The summed E-state index contributed by atoms with van der Waals surface area (Å²) in [5.41, 5.74) is -0.873. The van der Waals surface area contributed by atoms with Crippen molar-refractivity contribution in [1.29, 1.82) is 0 Å². The Morgan fingerprint density at radius 2 is 1.67 bits per heavy atom. The molecule has 122 valence electrons. The van der Waals surface area contributed by atoms with Gasteiger partial charge in [-0.1, -0.05) is 33.6 Å². The van der Waals surface area contributed by atoms with E-state index in [0.717, 1.165) is 32.1 Å². The summed E-state index contributed by atoms with van der Waals surface area (Å²) in [7, 11) is 0. The Kier molecular flexibility index (Phi) is 5.83. The minimum absolute atomic E-state index is 0.0328. The molecular weight excluding hydrogens is 266 g/mol. The number of carbonyl (C=O) groups is 2. The van der Waals surface area contributed by atoms with E-state index in [4.69, 9.17) is 4.74 Å². The van der Waals surface area contributed by atoms with E-state index in [1.165, 1.54) is 0 Å². The Balaban J connectivity index is 2.74. The first-order valence-electron chi connectivity index (χ1n) is 8.10. The average molecular weight is 297 g/mol. The second-order valence-corrected chi connectivity index (χ2v) is 7.74. The lowest BCUT2D eigenvalue weighted by molar-refractivity contribution is -0.162. The molecule has 0 aliphatic heterocycles. The fourth-order valence-corrected chi connectivity index (χ4v) is 2.49. The molecule has 1 fully saturated rings. The average Bonchev–Trinajstić information content (AvgIpc) is 2.37. The minimum Gasteiger partial charge on any atom is -0.460 e. The summed E-state index contributed by atoms with van der Waals surface area (Å²) < 4.78 is 5.51. The summed E-state index contributed by atoms with van der Waals surface area (Å²) in [5, 5.41) is 3.09. The van der Waals surface area contributed by atoms with Crippen LogP contribution in [-0.4, -0.2) is 23.5 Å². The van der Waals surface area contributed by atoms with Gasteiger partial charge in [0, 0.05) is 11.5 Å². The maximum Gasteiger partial charge on any atom is 0.311 e. The summed E-state index contributed by atoms with van der Waals surface area (Å²) in [6.07, 6.45) is 4.51. The van der Waals surface area contributed by atoms with E-state index in [2.05, 4.69) is 5.32 Å². The third-order valence-electron chi connectivity index (χ3n) is 4.29. The second-order valence-electron chi connectivity index (χ2n) is 7.74. The molecule has 0 saturated heterocycles. The van der Waals surface area contributed by atoms with Crippen molar-refractivity contribution < 1.29 is 14.3 Å². The normalized spacial score (nSPS) is 23.5. The van der Waals surface area contributed by atoms with Gasteiger partial charge in [-0.15, -0.1) is 0 Å². The summed E-state index contributed by atoms with van der Waals surface area (Å²) in [6, 6.07) is -0.0908. The molecule has 4 nitrogen and oxygen atoms in total. The van der Waals surface area contributed by atoms with Crippen LogP contribution in [0.1, 0.15) is 73.6 Å². The zero-order valence-corrected chi connectivity index (χ0v) is 14.4. The number of hydrogen-bond acceptors (Lipinski definition) is 3. The number of esters is 1. The van der Waals surface area contributed by atoms with Crippen LogP contribution in [0.15, 0.2) is 0 Å². The zero-order valence-electron chi connectivity index (χ0n) is 14.4. The molecule has 1 amide bonds. The SMILES string of the molecule is CCC(C)(C)C(=O)NC1CCCCC1C(=O)OC(C)(C)C. The molecular formula is C17H31NO3. The van der Waals surface area contributed by atoms with Crippen LogP contribution >= 0.6 is 0 Å². The van der Waals surface area contributed by atoms with Gasteiger partial charge in [-0.3, -0.25) is 9.59 Å². The van der Waals surface area contributed by atoms with Crippen molar-refractivity contribution in [3.05, 3.63) is 0 Å². The first-order valence-corrected chi connectivity index (χ1v) is 8.10. The summed E-state index contributed by atoms with van der Waals surface area (Å²) >= 11 is 0. The van der Waals surface area contributed by atoms with Crippen molar-refractivity contribution in [2.45, 2.75) is 85.3 Å². The predicted molar refractivity (Wildman–Crippen MR) is 83.8 cm³/mol. The number of hydrogen-bond donors (Lipinski definition) is 1. The van der Waals surface area contributed by atoms with E-state index >= 15 is 0 Å². The highest BCUT2D eigenvalue weighted by Gasteiger charge is 2.37. The number of nitrogens with one attached hydrogen (secondary N) is 1. The first kappa shape index (κ1) is 18.0. The first-order chi connectivity index (χ1) is 9.57. The summed E-state index contributed by atoms with van der Waals surface area (Å²) in [4.78, 5) is 24.7. The van der Waals surface area contributed by atoms with E-state index in [1.54, 1.807) is 0 Å². The molecule has 0 spiro atoms. The fourth-order valence-electron chi connectivity index (χ4n) is 2.49. The van der Waals surface area contributed by atoms with Crippen molar-refractivity contribution in [1.82, 2.24) is 5.32 Å². The minimum atomic E-state index is -0.480. The molecule has 1 aliphatic rings. The van der Waals surface area contributed by atoms with Crippen molar-refractivity contribution >= 4 is 11.9 Å². The molecule has 4 heteroatoms. The Hall–Kier alpha value is -1.06. The highest BCUT2D eigenvalue weighted by Crippen LogP contribution is 2.29. The van der Waals surface area contributed by atoms with E-state index in [0.29, 0.717) is 0 Å². The van der Waals surface area contributed by atoms with Gasteiger partial charge in [-0.2, -0.15) is 0 Å². The molecule has 1 saturated carbocycles.